The summed E-state index contributed by atoms with van der Waals surface area (Å²) in [6.45, 7) is 1.85. The highest BCUT2D eigenvalue weighted by Crippen LogP contribution is 2.29. The Bertz CT molecular complexity index is 470. The minimum atomic E-state index is -4.54. The second-order valence-electron chi connectivity index (χ2n) is 3.28. The van der Waals surface area contributed by atoms with Crippen molar-refractivity contribution in [3.8, 4) is 0 Å². The number of rotatable bonds is 3. The molecule has 0 unspecified atom stereocenters. The fourth-order valence-electron chi connectivity index (χ4n) is 1.12. The number of alkyl halides is 3. The molecule has 0 saturated carbocycles. The van der Waals surface area contributed by atoms with Crippen molar-refractivity contribution in [2.45, 2.75) is 13.1 Å². The van der Waals surface area contributed by atoms with Crippen LogP contribution in [0.25, 0.3) is 6.08 Å². The van der Waals surface area contributed by atoms with E-state index in [1.807, 2.05) is 0 Å². The fourth-order valence-corrected chi connectivity index (χ4v) is 1.12. The van der Waals surface area contributed by atoms with Gasteiger partial charge in [0.25, 0.3) is 0 Å². The van der Waals surface area contributed by atoms with Crippen molar-refractivity contribution in [2.75, 3.05) is 12.3 Å². The third-order valence-corrected chi connectivity index (χ3v) is 1.94. The standard InChI is InChI=1S/C11H11F3N2O2/c1-2-18-10(17)4-3-7-6-16-9(5-8(7)15)11(12,13)14/h3-6H,2H2,1H3,(H2,15,16)/b4-3+. The number of anilines is 1. The third kappa shape index (κ3) is 3.76. The summed E-state index contributed by atoms with van der Waals surface area (Å²) in [6.07, 6.45) is -1.27. The van der Waals surface area contributed by atoms with Gasteiger partial charge < -0.3 is 10.5 Å². The fraction of sp³-hybridized carbons (Fsp3) is 0.273. The smallest absolute Gasteiger partial charge is 0.433 e. The average Bonchev–Trinajstić information content (AvgIpc) is 2.26. The predicted octanol–water partition coefficient (Wildman–Crippen LogP) is 2.26. The maximum absolute atomic E-state index is 12.3. The maximum Gasteiger partial charge on any atom is 0.433 e. The van der Waals surface area contributed by atoms with E-state index in [4.69, 9.17) is 5.73 Å². The highest BCUT2D eigenvalue weighted by molar-refractivity contribution is 5.88. The van der Waals surface area contributed by atoms with E-state index in [1.54, 1.807) is 6.92 Å². The van der Waals surface area contributed by atoms with Gasteiger partial charge in [-0.1, -0.05) is 0 Å². The first kappa shape index (κ1) is 14.0. The summed E-state index contributed by atoms with van der Waals surface area (Å²) in [5.41, 5.74) is 4.46. The number of nitrogens with zero attached hydrogens (tertiary/aromatic N) is 1. The second kappa shape index (κ2) is 5.52. The van der Waals surface area contributed by atoms with Crippen LogP contribution >= 0.6 is 0 Å². The number of carbonyl (C=O) groups excluding carboxylic acids is 1. The molecule has 2 N–H and O–H groups in total. The van der Waals surface area contributed by atoms with Gasteiger partial charge in [-0.25, -0.2) is 4.79 Å². The molecule has 4 nitrogen and oxygen atoms in total. The van der Waals surface area contributed by atoms with Gasteiger partial charge in [0.2, 0.25) is 0 Å². The molecule has 1 rings (SSSR count). The first-order valence-electron chi connectivity index (χ1n) is 5.02. The van der Waals surface area contributed by atoms with Gasteiger partial charge in [-0.15, -0.1) is 0 Å². The molecule has 0 fully saturated rings. The summed E-state index contributed by atoms with van der Waals surface area (Å²) in [5, 5.41) is 0. The Hall–Kier alpha value is -2.05. The topological polar surface area (TPSA) is 65.2 Å². The van der Waals surface area contributed by atoms with Gasteiger partial charge in [0.15, 0.2) is 0 Å². The van der Waals surface area contributed by atoms with Gasteiger partial charge in [0, 0.05) is 23.5 Å². The van der Waals surface area contributed by atoms with Gasteiger partial charge >= 0.3 is 12.1 Å². The molecule has 0 aliphatic carbocycles. The van der Waals surface area contributed by atoms with Gasteiger partial charge in [-0.05, 0) is 19.1 Å². The molecular weight excluding hydrogens is 249 g/mol. The van der Waals surface area contributed by atoms with Gasteiger partial charge in [0.05, 0.1) is 6.61 Å². The lowest BCUT2D eigenvalue weighted by atomic mass is 10.2. The highest BCUT2D eigenvalue weighted by Gasteiger charge is 2.32. The predicted molar refractivity (Wildman–Crippen MR) is 59.3 cm³/mol. The largest absolute Gasteiger partial charge is 0.463 e. The van der Waals surface area contributed by atoms with Crippen LogP contribution in [-0.4, -0.2) is 17.6 Å². The number of hydrogen-bond acceptors (Lipinski definition) is 4. The van der Waals surface area contributed by atoms with Crippen molar-refractivity contribution < 1.29 is 22.7 Å². The second-order valence-corrected chi connectivity index (χ2v) is 3.28. The Balaban J connectivity index is 2.90. The van der Waals surface area contributed by atoms with Crippen molar-refractivity contribution >= 4 is 17.7 Å². The Labute approximate surface area is 101 Å². The van der Waals surface area contributed by atoms with Crippen LogP contribution in [0, 0.1) is 0 Å². The molecule has 0 amide bonds. The Morgan fingerprint density at radius 2 is 2.22 bits per heavy atom. The molecule has 0 aliphatic rings. The normalized spacial score (nSPS) is 11.8. The summed E-state index contributed by atoms with van der Waals surface area (Å²) in [6, 6.07) is 0.713. The van der Waals surface area contributed by atoms with Crippen LogP contribution in [0.5, 0.6) is 0 Å². The molecule has 0 spiro atoms. The number of carbonyl (C=O) groups is 1. The molecule has 0 saturated heterocycles. The molecule has 1 aromatic rings. The number of nitrogens with two attached hydrogens (primary N) is 1. The molecule has 18 heavy (non-hydrogen) atoms. The van der Waals surface area contributed by atoms with Crippen molar-refractivity contribution in [2.24, 2.45) is 0 Å². The van der Waals surface area contributed by atoms with Crippen molar-refractivity contribution in [1.29, 1.82) is 0 Å². The molecular formula is C11H11F3N2O2. The van der Waals surface area contributed by atoms with Crippen molar-refractivity contribution in [1.82, 2.24) is 4.98 Å². The van der Waals surface area contributed by atoms with E-state index in [9.17, 15) is 18.0 Å². The first-order valence-corrected chi connectivity index (χ1v) is 5.02. The van der Waals surface area contributed by atoms with E-state index in [-0.39, 0.29) is 17.9 Å². The molecule has 0 aromatic carbocycles. The highest BCUT2D eigenvalue weighted by atomic mass is 19.4. The van der Waals surface area contributed by atoms with Crippen LogP contribution < -0.4 is 5.73 Å². The summed E-state index contributed by atoms with van der Waals surface area (Å²) >= 11 is 0. The molecule has 0 radical (unpaired) electrons. The Morgan fingerprint density at radius 1 is 1.56 bits per heavy atom. The first-order chi connectivity index (χ1) is 8.34. The lowest BCUT2D eigenvalue weighted by Crippen LogP contribution is -2.09. The summed E-state index contributed by atoms with van der Waals surface area (Å²) in [4.78, 5) is 14.2. The van der Waals surface area contributed by atoms with Crippen LogP contribution in [0.2, 0.25) is 0 Å². The van der Waals surface area contributed by atoms with Crippen LogP contribution in [-0.2, 0) is 15.7 Å². The summed E-state index contributed by atoms with van der Waals surface area (Å²) < 4.78 is 41.5. The van der Waals surface area contributed by atoms with Crippen molar-refractivity contribution in [3.05, 3.63) is 29.6 Å². The lowest BCUT2D eigenvalue weighted by molar-refractivity contribution is -0.141. The minimum Gasteiger partial charge on any atom is -0.463 e. The van der Waals surface area contributed by atoms with Crippen LogP contribution in [0.1, 0.15) is 18.2 Å². The number of pyridine rings is 1. The van der Waals surface area contributed by atoms with E-state index >= 15 is 0 Å². The number of halogens is 3. The van der Waals surface area contributed by atoms with E-state index in [2.05, 4.69) is 9.72 Å². The Morgan fingerprint density at radius 3 is 2.72 bits per heavy atom. The average molecular weight is 260 g/mol. The summed E-state index contributed by atoms with van der Waals surface area (Å²) in [5.74, 6) is -0.600. The zero-order chi connectivity index (χ0) is 13.8. The number of esters is 1. The molecule has 98 valence electrons. The third-order valence-electron chi connectivity index (χ3n) is 1.94. The van der Waals surface area contributed by atoms with Crippen LogP contribution in [0.4, 0.5) is 18.9 Å². The minimum absolute atomic E-state index is 0.113. The number of ether oxygens (including phenoxy) is 1. The van der Waals surface area contributed by atoms with Gasteiger partial charge in [0.1, 0.15) is 5.69 Å². The Kier molecular flexibility index (Phi) is 4.30. The van der Waals surface area contributed by atoms with Crippen LogP contribution in [0.3, 0.4) is 0 Å². The monoisotopic (exact) mass is 260 g/mol. The van der Waals surface area contributed by atoms with Crippen molar-refractivity contribution in [3.63, 3.8) is 0 Å². The van der Waals surface area contributed by atoms with E-state index in [1.165, 1.54) is 6.08 Å². The molecule has 1 aromatic heterocycles. The summed E-state index contributed by atoms with van der Waals surface area (Å²) in [7, 11) is 0. The molecule has 0 bridgehead atoms. The van der Waals surface area contributed by atoms with E-state index < -0.39 is 17.8 Å². The molecule has 7 heteroatoms. The zero-order valence-corrected chi connectivity index (χ0v) is 9.49. The SMILES string of the molecule is CCOC(=O)/C=C/c1cnc(C(F)(F)F)cc1N. The zero-order valence-electron chi connectivity index (χ0n) is 9.49. The molecule has 0 aliphatic heterocycles. The number of aromatic nitrogens is 1. The van der Waals surface area contributed by atoms with E-state index in [0.717, 1.165) is 12.3 Å². The van der Waals surface area contributed by atoms with E-state index in [0.29, 0.717) is 6.07 Å². The lowest BCUT2D eigenvalue weighted by Gasteiger charge is -2.07. The van der Waals surface area contributed by atoms with Gasteiger partial charge in [-0.2, -0.15) is 13.2 Å². The quantitative estimate of drug-likeness (QED) is 0.668. The molecule has 1 heterocycles. The number of hydrogen-bond donors (Lipinski definition) is 1. The number of nitrogen functional groups attached to an aromatic ring is 1. The van der Waals surface area contributed by atoms with Gasteiger partial charge in [-0.3, -0.25) is 4.98 Å². The van der Waals surface area contributed by atoms with Crippen LogP contribution in [0.15, 0.2) is 18.3 Å². The molecule has 0 atom stereocenters. The maximum atomic E-state index is 12.3.